The summed E-state index contributed by atoms with van der Waals surface area (Å²) in [4.78, 5) is 0. The van der Waals surface area contributed by atoms with E-state index in [-0.39, 0.29) is 18.5 Å². The molecule has 20 heavy (non-hydrogen) atoms. The molecule has 1 N–H and O–H groups in total. The fourth-order valence-electron chi connectivity index (χ4n) is 2.37. The van der Waals surface area contributed by atoms with Crippen LogP contribution in [0.5, 0.6) is 0 Å². The standard InChI is InChI=1S/C14H21NO4S/c16-10-11-19-14-6-8-15(9-7-14)20(17,18)12-13-4-2-1-3-5-13/h1-5,14,16H,6-12H2. The van der Waals surface area contributed by atoms with E-state index in [2.05, 4.69) is 0 Å². The summed E-state index contributed by atoms with van der Waals surface area (Å²) in [7, 11) is -3.25. The van der Waals surface area contributed by atoms with Crippen LogP contribution in [0.3, 0.4) is 0 Å². The van der Waals surface area contributed by atoms with Crippen LogP contribution in [0.1, 0.15) is 18.4 Å². The largest absolute Gasteiger partial charge is 0.394 e. The van der Waals surface area contributed by atoms with Crippen LogP contribution >= 0.6 is 0 Å². The number of aliphatic hydroxyl groups excluding tert-OH is 1. The van der Waals surface area contributed by atoms with Crippen molar-refractivity contribution in [2.75, 3.05) is 26.3 Å². The second kappa shape index (κ2) is 7.17. The zero-order valence-corrected chi connectivity index (χ0v) is 12.3. The molecule has 1 aliphatic rings. The Morgan fingerprint density at radius 3 is 2.45 bits per heavy atom. The van der Waals surface area contributed by atoms with Gasteiger partial charge in [-0.3, -0.25) is 0 Å². The number of benzene rings is 1. The van der Waals surface area contributed by atoms with E-state index < -0.39 is 10.0 Å². The SMILES string of the molecule is O=S(=O)(Cc1ccccc1)N1CCC(OCCO)CC1. The molecule has 0 aromatic heterocycles. The summed E-state index contributed by atoms with van der Waals surface area (Å²) in [6.45, 7) is 1.31. The zero-order valence-electron chi connectivity index (χ0n) is 11.4. The molecule has 0 radical (unpaired) electrons. The average molecular weight is 299 g/mol. The molecule has 1 heterocycles. The molecule has 112 valence electrons. The van der Waals surface area contributed by atoms with Gasteiger partial charge in [0.1, 0.15) is 0 Å². The molecule has 0 bridgehead atoms. The summed E-state index contributed by atoms with van der Waals surface area (Å²) in [6, 6.07) is 9.23. The van der Waals surface area contributed by atoms with Crippen LogP contribution in [0.4, 0.5) is 0 Å². The van der Waals surface area contributed by atoms with Gasteiger partial charge in [-0.2, -0.15) is 0 Å². The van der Waals surface area contributed by atoms with Gasteiger partial charge in [0.05, 0.1) is 25.1 Å². The van der Waals surface area contributed by atoms with Crippen LogP contribution in [-0.4, -0.2) is 50.2 Å². The zero-order chi connectivity index (χ0) is 14.4. The maximum atomic E-state index is 12.3. The van der Waals surface area contributed by atoms with Gasteiger partial charge in [0, 0.05) is 13.1 Å². The molecular formula is C14H21NO4S. The highest BCUT2D eigenvalue weighted by atomic mass is 32.2. The highest BCUT2D eigenvalue weighted by molar-refractivity contribution is 7.88. The molecule has 5 nitrogen and oxygen atoms in total. The van der Waals surface area contributed by atoms with Crippen LogP contribution < -0.4 is 0 Å². The van der Waals surface area contributed by atoms with Crippen LogP contribution in [0, 0.1) is 0 Å². The smallest absolute Gasteiger partial charge is 0.218 e. The van der Waals surface area contributed by atoms with Gasteiger partial charge in [0.15, 0.2) is 0 Å². The summed E-state index contributed by atoms with van der Waals surface area (Å²) in [5.41, 5.74) is 0.811. The van der Waals surface area contributed by atoms with E-state index >= 15 is 0 Å². The molecule has 0 atom stereocenters. The van der Waals surface area contributed by atoms with Crippen LogP contribution in [-0.2, 0) is 20.5 Å². The van der Waals surface area contributed by atoms with E-state index in [1.165, 1.54) is 0 Å². The van der Waals surface area contributed by atoms with Gasteiger partial charge in [-0.25, -0.2) is 12.7 Å². The van der Waals surface area contributed by atoms with Gasteiger partial charge < -0.3 is 9.84 Å². The van der Waals surface area contributed by atoms with E-state index in [1.54, 1.807) is 4.31 Å². The second-order valence-corrected chi connectivity index (χ2v) is 6.90. The number of hydrogen-bond donors (Lipinski definition) is 1. The van der Waals surface area contributed by atoms with Gasteiger partial charge in [-0.05, 0) is 18.4 Å². The molecule has 2 rings (SSSR count). The van der Waals surface area contributed by atoms with Crippen molar-refractivity contribution in [2.24, 2.45) is 0 Å². The molecular weight excluding hydrogens is 278 g/mol. The molecule has 0 saturated carbocycles. The predicted molar refractivity (Wildman–Crippen MR) is 76.7 cm³/mol. The first-order chi connectivity index (χ1) is 9.62. The minimum absolute atomic E-state index is 0.00647. The maximum Gasteiger partial charge on any atom is 0.218 e. The van der Waals surface area contributed by atoms with Gasteiger partial charge in [0.2, 0.25) is 10.0 Å². The lowest BCUT2D eigenvalue weighted by Gasteiger charge is -2.31. The van der Waals surface area contributed by atoms with Crippen LogP contribution in [0.15, 0.2) is 30.3 Å². The first kappa shape index (κ1) is 15.4. The monoisotopic (exact) mass is 299 g/mol. The lowest BCUT2D eigenvalue weighted by atomic mass is 10.1. The summed E-state index contributed by atoms with van der Waals surface area (Å²) < 4.78 is 31.6. The van der Waals surface area contributed by atoms with Crippen molar-refractivity contribution < 1.29 is 18.3 Å². The maximum absolute atomic E-state index is 12.3. The average Bonchev–Trinajstić information content (AvgIpc) is 2.46. The third kappa shape index (κ3) is 4.28. The van der Waals surface area contributed by atoms with Gasteiger partial charge in [-0.1, -0.05) is 30.3 Å². The Hall–Kier alpha value is -0.950. The van der Waals surface area contributed by atoms with Crippen LogP contribution in [0.2, 0.25) is 0 Å². The number of piperidine rings is 1. The van der Waals surface area contributed by atoms with E-state index in [0.29, 0.717) is 32.5 Å². The fraction of sp³-hybridized carbons (Fsp3) is 0.571. The predicted octanol–water partition coefficient (Wildman–Crippen LogP) is 0.990. The number of nitrogens with zero attached hydrogens (tertiary/aromatic N) is 1. The van der Waals surface area contributed by atoms with Crippen molar-refractivity contribution in [1.82, 2.24) is 4.31 Å². The summed E-state index contributed by atoms with van der Waals surface area (Å²) in [6.07, 6.45) is 1.44. The van der Waals surface area contributed by atoms with Crippen molar-refractivity contribution in [3.05, 3.63) is 35.9 Å². The third-order valence-corrected chi connectivity index (χ3v) is 5.28. The number of rotatable bonds is 6. The lowest BCUT2D eigenvalue weighted by molar-refractivity contribution is 0.00317. The van der Waals surface area contributed by atoms with E-state index in [0.717, 1.165) is 5.56 Å². The molecule has 1 aliphatic heterocycles. The van der Waals surface area contributed by atoms with Gasteiger partial charge in [0.25, 0.3) is 0 Å². The van der Waals surface area contributed by atoms with Crippen LogP contribution in [0.25, 0.3) is 0 Å². The summed E-state index contributed by atoms with van der Waals surface area (Å²) >= 11 is 0. The van der Waals surface area contributed by atoms with Crippen molar-refractivity contribution in [1.29, 1.82) is 0 Å². The molecule has 0 amide bonds. The molecule has 1 aromatic carbocycles. The van der Waals surface area contributed by atoms with Crippen molar-refractivity contribution in [3.8, 4) is 0 Å². The first-order valence-corrected chi connectivity index (χ1v) is 8.47. The number of sulfonamides is 1. The lowest BCUT2D eigenvalue weighted by Crippen LogP contribution is -2.41. The molecule has 1 aromatic rings. The molecule has 1 saturated heterocycles. The van der Waals surface area contributed by atoms with E-state index in [1.807, 2.05) is 30.3 Å². The summed E-state index contributed by atoms with van der Waals surface area (Å²) in [5.74, 6) is 0.0516. The number of ether oxygens (including phenoxy) is 1. The minimum Gasteiger partial charge on any atom is -0.394 e. The Morgan fingerprint density at radius 2 is 1.85 bits per heavy atom. The summed E-state index contributed by atoms with van der Waals surface area (Å²) in [5, 5.41) is 8.71. The molecule has 0 aliphatic carbocycles. The Morgan fingerprint density at radius 1 is 1.20 bits per heavy atom. The van der Waals surface area contributed by atoms with Crippen molar-refractivity contribution in [3.63, 3.8) is 0 Å². The number of hydrogen-bond acceptors (Lipinski definition) is 4. The normalized spacial score (nSPS) is 18.2. The first-order valence-electron chi connectivity index (χ1n) is 6.86. The minimum atomic E-state index is -3.25. The highest BCUT2D eigenvalue weighted by Gasteiger charge is 2.28. The molecule has 1 fully saturated rings. The van der Waals surface area contributed by atoms with Gasteiger partial charge in [-0.15, -0.1) is 0 Å². The van der Waals surface area contributed by atoms with E-state index in [4.69, 9.17) is 9.84 Å². The topological polar surface area (TPSA) is 66.8 Å². The Balaban J connectivity index is 1.89. The third-order valence-electron chi connectivity index (χ3n) is 3.43. The second-order valence-electron chi connectivity index (χ2n) is 4.93. The molecule has 0 unspecified atom stereocenters. The molecule has 6 heteroatoms. The Bertz CT molecular complexity index is 495. The van der Waals surface area contributed by atoms with Gasteiger partial charge >= 0.3 is 0 Å². The fourth-order valence-corrected chi connectivity index (χ4v) is 3.94. The van der Waals surface area contributed by atoms with Crippen molar-refractivity contribution >= 4 is 10.0 Å². The van der Waals surface area contributed by atoms with E-state index in [9.17, 15) is 8.42 Å². The van der Waals surface area contributed by atoms with Crippen molar-refractivity contribution in [2.45, 2.75) is 24.7 Å². The number of aliphatic hydroxyl groups is 1. The molecule has 0 spiro atoms. The Kier molecular flexibility index (Phi) is 5.54. The quantitative estimate of drug-likeness (QED) is 0.850. The highest BCUT2D eigenvalue weighted by Crippen LogP contribution is 2.19. The Labute approximate surface area is 120 Å².